The Morgan fingerprint density at radius 3 is 2.65 bits per heavy atom. The third-order valence-electron chi connectivity index (χ3n) is 2.56. The highest BCUT2D eigenvalue weighted by molar-refractivity contribution is 5.83. The highest BCUT2D eigenvalue weighted by atomic mass is 16.5. The number of aliphatic hydroxyl groups is 1. The molecule has 2 rings (SSSR count). The maximum Gasteiger partial charge on any atom is 0.120 e. The third-order valence-corrected chi connectivity index (χ3v) is 2.56. The van der Waals surface area contributed by atoms with Crippen LogP contribution >= 0.6 is 0 Å². The molecule has 90 valence electrons. The van der Waals surface area contributed by atoms with Crippen molar-refractivity contribution in [2.75, 3.05) is 26.3 Å². The molecule has 2 aromatic carbocycles. The van der Waals surface area contributed by atoms with Crippen LogP contribution in [0.4, 0.5) is 0 Å². The Morgan fingerprint density at radius 2 is 1.82 bits per heavy atom. The standard InChI is InChI=1S/C14H17NO2/c16-9-7-15-8-10-17-14-6-5-12-3-1-2-4-13(12)11-14/h1-6,11,15-16H,7-10H2. The van der Waals surface area contributed by atoms with E-state index in [1.807, 2.05) is 24.3 Å². The molecular weight excluding hydrogens is 214 g/mol. The third kappa shape index (κ3) is 3.44. The maximum absolute atomic E-state index is 8.60. The average molecular weight is 231 g/mol. The predicted octanol–water partition coefficient (Wildman–Crippen LogP) is 1.80. The summed E-state index contributed by atoms with van der Waals surface area (Å²) in [4.78, 5) is 0. The molecule has 0 aliphatic heterocycles. The number of hydrogen-bond acceptors (Lipinski definition) is 3. The van der Waals surface area contributed by atoms with Gasteiger partial charge in [0.1, 0.15) is 12.4 Å². The van der Waals surface area contributed by atoms with Crippen LogP contribution in [0.2, 0.25) is 0 Å². The van der Waals surface area contributed by atoms with Gasteiger partial charge in [0, 0.05) is 13.1 Å². The molecule has 0 spiro atoms. The van der Waals surface area contributed by atoms with Crippen LogP contribution in [0, 0.1) is 0 Å². The van der Waals surface area contributed by atoms with Gasteiger partial charge in [-0.25, -0.2) is 0 Å². The van der Waals surface area contributed by atoms with Crippen molar-refractivity contribution in [3.8, 4) is 5.75 Å². The summed E-state index contributed by atoms with van der Waals surface area (Å²) in [6.07, 6.45) is 0. The number of fused-ring (bicyclic) bond motifs is 1. The zero-order chi connectivity index (χ0) is 11.9. The fourth-order valence-electron chi connectivity index (χ4n) is 1.70. The predicted molar refractivity (Wildman–Crippen MR) is 69.4 cm³/mol. The summed E-state index contributed by atoms with van der Waals surface area (Å²) in [6, 6.07) is 14.3. The quantitative estimate of drug-likeness (QED) is 0.745. The maximum atomic E-state index is 8.60. The lowest BCUT2D eigenvalue weighted by Crippen LogP contribution is -2.23. The van der Waals surface area contributed by atoms with Crippen molar-refractivity contribution >= 4 is 10.8 Å². The van der Waals surface area contributed by atoms with Gasteiger partial charge in [-0.3, -0.25) is 0 Å². The summed E-state index contributed by atoms with van der Waals surface area (Å²) in [5.41, 5.74) is 0. The number of hydrogen-bond donors (Lipinski definition) is 2. The molecule has 0 radical (unpaired) electrons. The largest absolute Gasteiger partial charge is 0.492 e. The Balaban J connectivity index is 1.90. The van der Waals surface area contributed by atoms with Crippen molar-refractivity contribution in [2.45, 2.75) is 0 Å². The molecule has 0 heterocycles. The van der Waals surface area contributed by atoms with Gasteiger partial charge in [0.05, 0.1) is 6.61 Å². The molecule has 0 aliphatic carbocycles. The monoisotopic (exact) mass is 231 g/mol. The van der Waals surface area contributed by atoms with E-state index in [-0.39, 0.29) is 6.61 Å². The zero-order valence-corrected chi connectivity index (χ0v) is 9.73. The van der Waals surface area contributed by atoms with Crippen LogP contribution in [0.25, 0.3) is 10.8 Å². The van der Waals surface area contributed by atoms with Crippen molar-refractivity contribution in [1.82, 2.24) is 5.32 Å². The van der Waals surface area contributed by atoms with E-state index in [2.05, 4.69) is 23.5 Å². The topological polar surface area (TPSA) is 41.5 Å². The van der Waals surface area contributed by atoms with Gasteiger partial charge in [-0.1, -0.05) is 30.3 Å². The summed E-state index contributed by atoms with van der Waals surface area (Å²) in [7, 11) is 0. The van der Waals surface area contributed by atoms with E-state index in [1.54, 1.807) is 0 Å². The molecule has 0 bridgehead atoms. The summed E-state index contributed by atoms with van der Waals surface area (Å²) < 4.78 is 5.62. The van der Waals surface area contributed by atoms with E-state index in [0.29, 0.717) is 13.2 Å². The fourth-order valence-corrected chi connectivity index (χ4v) is 1.70. The Morgan fingerprint density at radius 1 is 1.00 bits per heavy atom. The Labute approximate surface area is 101 Å². The van der Waals surface area contributed by atoms with Crippen LogP contribution in [0.1, 0.15) is 0 Å². The van der Waals surface area contributed by atoms with Crippen LogP contribution in [0.3, 0.4) is 0 Å². The molecule has 0 atom stereocenters. The molecule has 17 heavy (non-hydrogen) atoms. The van der Waals surface area contributed by atoms with Crippen LogP contribution in [-0.2, 0) is 0 Å². The van der Waals surface area contributed by atoms with Crippen molar-refractivity contribution in [2.24, 2.45) is 0 Å². The van der Waals surface area contributed by atoms with Crippen LogP contribution in [-0.4, -0.2) is 31.4 Å². The van der Waals surface area contributed by atoms with Crippen molar-refractivity contribution < 1.29 is 9.84 Å². The second-order valence-corrected chi connectivity index (χ2v) is 3.83. The molecule has 0 unspecified atom stereocenters. The lowest BCUT2D eigenvalue weighted by atomic mass is 10.1. The molecular formula is C14H17NO2. The summed E-state index contributed by atoms with van der Waals surface area (Å²) in [6.45, 7) is 2.13. The highest BCUT2D eigenvalue weighted by Gasteiger charge is 1.96. The van der Waals surface area contributed by atoms with E-state index in [0.717, 1.165) is 12.3 Å². The van der Waals surface area contributed by atoms with E-state index < -0.39 is 0 Å². The van der Waals surface area contributed by atoms with Crippen molar-refractivity contribution in [1.29, 1.82) is 0 Å². The first-order valence-corrected chi connectivity index (χ1v) is 5.83. The van der Waals surface area contributed by atoms with Crippen molar-refractivity contribution in [3.63, 3.8) is 0 Å². The number of rotatable bonds is 6. The van der Waals surface area contributed by atoms with E-state index in [1.165, 1.54) is 10.8 Å². The Hall–Kier alpha value is -1.58. The smallest absolute Gasteiger partial charge is 0.120 e. The molecule has 0 aliphatic rings. The minimum Gasteiger partial charge on any atom is -0.492 e. The Kier molecular flexibility index (Phi) is 4.36. The van der Waals surface area contributed by atoms with Crippen LogP contribution in [0.5, 0.6) is 5.75 Å². The molecule has 3 nitrogen and oxygen atoms in total. The zero-order valence-electron chi connectivity index (χ0n) is 9.73. The van der Waals surface area contributed by atoms with Gasteiger partial charge in [-0.2, -0.15) is 0 Å². The van der Waals surface area contributed by atoms with Gasteiger partial charge in [0.2, 0.25) is 0 Å². The van der Waals surface area contributed by atoms with E-state index in [4.69, 9.17) is 9.84 Å². The number of ether oxygens (including phenoxy) is 1. The highest BCUT2D eigenvalue weighted by Crippen LogP contribution is 2.20. The molecule has 2 N–H and O–H groups in total. The first-order chi connectivity index (χ1) is 8.40. The van der Waals surface area contributed by atoms with Gasteiger partial charge in [-0.15, -0.1) is 0 Å². The number of nitrogens with one attached hydrogen (secondary N) is 1. The van der Waals surface area contributed by atoms with Crippen LogP contribution < -0.4 is 10.1 Å². The minimum atomic E-state index is 0.163. The second kappa shape index (κ2) is 6.23. The van der Waals surface area contributed by atoms with E-state index >= 15 is 0 Å². The molecule has 0 aromatic heterocycles. The molecule has 0 fully saturated rings. The normalized spacial score (nSPS) is 10.6. The molecule has 3 heteroatoms. The summed E-state index contributed by atoms with van der Waals surface area (Å²) in [5, 5.41) is 14.1. The van der Waals surface area contributed by atoms with Gasteiger partial charge < -0.3 is 15.2 Å². The second-order valence-electron chi connectivity index (χ2n) is 3.83. The lowest BCUT2D eigenvalue weighted by molar-refractivity contribution is 0.276. The minimum absolute atomic E-state index is 0.163. The summed E-state index contributed by atoms with van der Waals surface area (Å²) >= 11 is 0. The van der Waals surface area contributed by atoms with Gasteiger partial charge >= 0.3 is 0 Å². The fraction of sp³-hybridized carbons (Fsp3) is 0.286. The SMILES string of the molecule is OCCNCCOc1ccc2ccccc2c1. The molecule has 0 saturated heterocycles. The Bertz CT molecular complexity index is 470. The number of benzene rings is 2. The van der Waals surface area contributed by atoms with Crippen LogP contribution in [0.15, 0.2) is 42.5 Å². The first-order valence-electron chi connectivity index (χ1n) is 5.83. The first kappa shape index (κ1) is 11.9. The van der Waals surface area contributed by atoms with E-state index in [9.17, 15) is 0 Å². The average Bonchev–Trinajstić information content (AvgIpc) is 2.38. The van der Waals surface area contributed by atoms with Gasteiger partial charge in [0.25, 0.3) is 0 Å². The van der Waals surface area contributed by atoms with Gasteiger partial charge in [0.15, 0.2) is 0 Å². The lowest BCUT2D eigenvalue weighted by Gasteiger charge is -2.07. The van der Waals surface area contributed by atoms with Gasteiger partial charge in [-0.05, 0) is 22.9 Å². The summed E-state index contributed by atoms with van der Waals surface area (Å²) in [5.74, 6) is 0.884. The molecule has 0 saturated carbocycles. The molecule has 0 amide bonds. The number of aliphatic hydroxyl groups excluding tert-OH is 1. The molecule has 2 aromatic rings. The van der Waals surface area contributed by atoms with Crippen molar-refractivity contribution in [3.05, 3.63) is 42.5 Å².